The van der Waals surface area contributed by atoms with Crippen LogP contribution in [0.5, 0.6) is 0 Å². The Morgan fingerprint density at radius 1 is 1.26 bits per heavy atom. The van der Waals surface area contributed by atoms with E-state index in [4.69, 9.17) is 4.74 Å². The number of carbonyl (C=O) groups is 2. The Bertz CT molecular complexity index is 410. The van der Waals surface area contributed by atoms with Gasteiger partial charge in [-0.25, -0.2) is 0 Å². The fourth-order valence-electron chi connectivity index (χ4n) is 4.03. The molecule has 0 heterocycles. The molecule has 2 rings (SSSR count). The molecule has 106 valence electrons. The Morgan fingerprint density at radius 2 is 1.84 bits per heavy atom. The monoisotopic (exact) mass is 264 g/mol. The summed E-state index contributed by atoms with van der Waals surface area (Å²) in [4.78, 5) is 22.9. The molecule has 0 N–H and O–H groups in total. The third-order valence-electron chi connectivity index (χ3n) is 5.39. The molecule has 2 fully saturated rings. The summed E-state index contributed by atoms with van der Waals surface area (Å²) in [7, 11) is 0. The van der Waals surface area contributed by atoms with Crippen LogP contribution in [0.3, 0.4) is 0 Å². The Hall–Kier alpha value is -1.12. The molecule has 3 heteroatoms. The summed E-state index contributed by atoms with van der Waals surface area (Å²) in [6.07, 6.45) is 4.66. The number of ether oxygens (including phenoxy) is 1. The lowest BCUT2D eigenvalue weighted by atomic mass is 9.49. The second kappa shape index (κ2) is 4.77. The third kappa shape index (κ3) is 2.24. The Labute approximate surface area is 115 Å². The number of rotatable bonds is 1. The summed E-state index contributed by atoms with van der Waals surface area (Å²) >= 11 is 0. The molecule has 2 aliphatic rings. The zero-order valence-corrected chi connectivity index (χ0v) is 12.3. The average molecular weight is 264 g/mol. The minimum absolute atomic E-state index is 0.0424. The van der Waals surface area contributed by atoms with Crippen LogP contribution in [0.25, 0.3) is 0 Å². The van der Waals surface area contributed by atoms with Crippen LogP contribution in [0.1, 0.15) is 59.3 Å². The van der Waals surface area contributed by atoms with Gasteiger partial charge in [0.25, 0.3) is 0 Å². The topological polar surface area (TPSA) is 43.4 Å². The molecule has 1 spiro atoms. The first-order valence-electron chi connectivity index (χ1n) is 7.17. The first-order valence-corrected chi connectivity index (χ1v) is 7.17. The van der Waals surface area contributed by atoms with Crippen molar-refractivity contribution in [1.82, 2.24) is 0 Å². The fourth-order valence-corrected chi connectivity index (χ4v) is 4.03. The van der Waals surface area contributed by atoms with E-state index in [1.54, 1.807) is 0 Å². The van der Waals surface area contributed by atoms with Gasteiger partial charge in [0.1, 0.15) is 11.9 Å². The zero-order chi connectivity index (χ0) is 14.3. The largest absolute Gasteiger partial charge is 0.462 e. The maximum atomic E-state index is 11.6. The van der Waals surface area contributed by atoms with Gasteiger partial charge in [-0.15, -0.1) is 0 Å². The van der Waals surface area contributed by atoms with Crippen LogP contribution in [0.2, 0.25) is 0 Å². The summed E-state index contributed by atoms with van der Waals surface area (Å²) in [6, 6.07) is 0. The van der Waals surface area contributed by atoms with E-state index in [2.05, 4.69) is 20.4 Å². The van der Waals surface area contributed by atoms with Gasteiger partial charge in [-0.3, -0.25) is 9.59 Å². The second-order valence-corrected chi connectivity index (χ2v) is 6.58. The van der Waals surface area contributed by atoms with Crippen LogP contribution in [0.15, 0.2) is 12.2 Å². The van der Waals surface area contributed by atoms with Gasteiger partial charge >= 0.3 is 5.97 Å². The number of hydrogen-bond acceptors (Lipinski definition) is 3. The highest BCUT2D eigenvalue weighted by atomic mass is 16.5. The lowest BCUT2D eigenvalue weighted by molar-refractivity contribution is -0.165. The predicted octanol–water partition coefficient (Wildman–Crippen LogP) is 3.42. The van der Waals surface area contributed by atoms with Crippen LogP contribution in [0.4, 0.5) is 0 Å². The molecule has 3 nitrogen and oxygen atoms in total. The number of esters is 1. The van der Waals surface area contributed by atoms with E-state index in [0.29, 0.717) is 18.6 Å². The van der Waals surface area contributed by atoms with E-state index >= 15 is 0 Å². The lowest BCUT2D eigenvalue weighted by Crippen LogP contribution is -2.53. The van der Waals surface area contributed by atoms with Crippen molar-refractivity contribution >= 4 is 11.8 Å². The number of Topliss-reactive ketones (excluding diaryl/α,β-unsaturated/α-hetero) is 1. The minimum Gasteiger partial charge on any atom is -0.462 e. The van der Waals surface area contributed by atoms with Crippen molar-refractivity contribution in [3.8, 4) is 0 Å². The maximum Gasteiger partial charge on any atom is 0.302 e. The van der Waals surface area contributed by atoms with Crippen molar-refractivity contribution in [3.63, 3.8) is 0 Å². The molecule has 1 atom stereocenters. The molecule has 0 unspecified atom stereocenters. The second-order valence-electron chi connectivity index (χ2n) is 6.58. The van der Waals surface area contributed by atoms with Gasteiger partial charge in [0.2, 0.25) is 0 Å². The Kier molecular flexibility index (Phi) is 3.59. The van der Waals surface area contributed by atoms with Crippen LogP contribution >= 0.6 is 0 Å². The summed E-state index contributed by atoms with van der Waals surface area (Å²) in [5, 5.41) is 0. The van der Waals surface area contributed by atoms with E-state index < -0.39 is 0 Å². The maximum absolute atomic E-state index is 11.6. The molecule has 2 aliphatic carbocycles. The van der Waals surface area contributed by atoms with Crippen LogP contribution < -0.4 is 0 Å². The van der Waals surface area contributed by atoms with Gasteiger partial charge in [-0.05, 0) is 25.7 Å². The van der Waals surface area contributed by atoms with Crippen molar-refractivity contribution < 1.29 is 14.3 Å². The van der Waals surface area contributed by atoms with Crippen molar-refractivity contribution in [1.29, 1.82) is 0 Å². The zero-order valence-electron chi connectivity index (χ0n) is 12.3. The molecular formula is C16H24O3. The fraction of sp³-hybridized carbons (Fsp3) is 0.750. The van der Waals surface area contributed by atoms with Crippen molar-refractivity contribution in [3.05, 3.63) is 12.2 Å². The smallest absolute Gasteiger partial charge is 0.302 e. The normalized spacial score (nSPS) is 29.3. The molecule has 0 aromatic carbocycles. The highest BCUT2D eigenvalue weighted by molar-refractivity contribution is 5.79. The lowest BCUT2D eigenvalue weighted by Gasteiger charge is -2.56. The quantitative estimate of drug-likeness (QED) is 0.538. The van der Waals surface area contributed by atoms with Crippen molar-refractivity contribution in [2.24, 2.45) is 10.8 Å². The molecule has 19 heavy (non-hydrogen) atoms. The molecule has 0 aliphatic heterocycles. The molecule has 0 saturated heterocycles. The van der Waals surface area contributed by atoms with Gasteiger partial charge in [0.05, 0.1) is 0 Å². The van der Waals surface area contributed by atoms with E-state index in [1.165, 1.54) is 12.5 Å². The molecule has 0 aromatic rings. The average Bonchev–Trinajstić information content (AvgIpc) is 2.33. The minimum atomic E-state index is -0.215. The molecule has 0 bridgehead atoms. The highest BCUT2D eigenvalue weighted by Gasteiger charge is 2.55. The van der Waals surface area contributed by atoms with Crippen molar-refractivity contribution in [2.75, 3.05) is 0 Å². The molecule has 0 radical (unpaired) electrons. The summed E-state index contributed by atoms with van der Waals surface area (Å²) in [5.74, 6) is 0.136. The molecular weight excluding hydrogens is 240 g/mol. The van der Waals surface area contributed by atoms with E-state index in [9.17, 15) is 9.59 Å². The predicted molar refractivity (Wildman–Crippen MR) is 73.6 cm³/mol. The third-order valence-corrected chi connectivity index (χ3v) is 5.39. The van der Waals surface area contributed by atoms with Crippen LogP contribution in [0, 0.1) is 10.8 Å². The van der Waals surface area contributed by atoms with Crippen molar-refractivity contribution in [2.45, 2.75) is 65.4 Å². The molecule has 0 aromatic heterocycles. The number of hydrogen-bond donors (Lipinski definition) is 0. The van der Waals surface area contributed by atoms with Gasteiger partial charge in [0.15, 0.2) is 0 Å². The SMILES string of the molecule is C=C1CC[C@H](OC(C)=O)C(C)(C)C12CCC(=O)CC2. The summed E-state index contributed by atoms with van der Waals surface area (Å²) in [6.45, 7) is 10.1. The van der Waals surface area contributed by atoms with E-state index in [-0.39, 0.29) is 22.9 Å². The summed E-state index contributed by atoms with van der Waals surface area (Å²) < 4.78 is 5.54. The van der Waals surface area contributed by atoms with Crippen LogP contribution in [-0.2, 0) is 14.3 Å². The van der Waals surface area contributed by atoms with Gasteiger partial charge in [-0.1, -0.05) is 26.0 Å². The molecule has 2 saturated carbocycles. The highest BCUT2D eigenvalue weighted by Crippen LogP contribution is 2.60. The number of allylic oxidation sites excluding steroid dienone is 1. The Morgan fingerprint density at radius 3 is 2.37 bits per heavy atom. The van der Waals surface area contributed by atoms with Gasteiger partial charge < -0.3 is 4.74 Å². The standard InChI is InChI=1S/C16H24O3/c1-11-5-6-14(19-12(2)17)15(3,4)16(11)9-7-13(18)8-10-16/h14H,1,5-10H2,2-4H3/t14-/m0/s1. The molecule has 0 amide bonds. The summed E-state index contributed by atoms with van der Waals surface area (Å²) in [5.41, 5.74) is 1.06. The Balaban J connectivity index is 2.31. The van der Waals surface area contributed by atoms with Gasteiger partial charge in [-0.2, -0.15) is 0 Å². The van der Waals surface area contributed by atoms with Gasteiger partial charge in [0, 0.05) is 30.6 Å². The van der Waals surface area contributed by atoms with E-state index in [1.807, 2.05) is 0 Å². The number of ketones is 1. The van der Waals surface area contributed by atoms with Crippen LogP contribution in [-0.4, -0.2) is 17.9 Å². The first kappa shape index (κ1) is 14.3. The first-order chi connectivity index (χ1) is 8.79. The van der Waals surface area contributed by atoms with E-state index in [0.717, 1.165) is 25.7 Å². The number of carbonyl (C=O) groups excluding carboxylic acids is 2.